The van der Waals surface area contributed by atoms with Crippen LogP contribution >= 0.6 is 23.1 Å². The van der Waals surface area contributed by atoms with Crippen molar-refractivity contribution in [3.8, 4) is 16.9 Å². The summed E-state index contributed by atoms with van der Waals surface area (Å²) in [7, 11) is -1.22. The topological polar surface area (TPSA) is 187 Å². The molecule has 4 aliphatic rings. The normalized spacial score (nSPS) is 18.0. The molecule has 17 nitrogen and oxygen atoms in total. The van der Waals surface area contributed by atoms with Gasteiger partial charge in [0.25, 0.3) is 11.8 Å². The predicted molar refractivity (Wildman–Crippen MR) is 276 cm³/mol. The van der Waals surface area contributed by atoms with Gasteiger partial charge in [-0.2, -0.15) is 18.9 Å². The van der Waals surface area contributed by atoms with Gasteiger partial charge < -0.3 is 29.7 Å². The smallest absolute Gasteiger partial charge is 0.333 e. The molecule has 0 radical (unpaired) electrons. The summed E-state index contributed by atoms with van der Waals surface area (Å²) >= 11 is 3.57. The summed E-state index contributed by atoms with van der Waals surface area (Å²) in [6.07, 6.45) is 6.87. The summed E-state index contributed by atoms with van der Waals surface area (Å²) in [6.45, 7) is 5.39. The van der Waals surface area contributed by atoms with Gasteiger partial charge in [0.2, 0.25) is 17.8 Å². The molecule has 3 saturated heterocycles. The van der Waals surface area contributed by atoms with Crippen molar-refractivity contribution in [2.75, 3.05) is 86.7 Å². The SMILES string of the molecule is COc1cc(N2CCN(CCC3CCN(c4cc5c(cc4F)C(=O)N(C4CCC(=O)NC4=O)C5=O)CC3)CC2)c(-c2cnn(C(F)F)c2)cc1Nc1ncc(Br)c(Nc2ccc3ccccc3c2P(C)(C)=O)n1. The van der Waals surface area contributed by atoms with Crippen LogP contribution < -0.4 is 35.8 Å². The van der Waals surface area contributed by atoms with Crippen molar-refractivity contribution in [2.24, 2.45) is 5.92 Å². The number of piperidine rings is 2. The molecule has 3 fully saturated rings. The third-order valence-electron chi connectivity index (χ3n) is 14.1. The number of carbonyl (C=O) groups excluding carboxylic acids is 4. The summed E-state index contributed by atoms with van der Waals surface area (Å²) in [5, 5.41) is 15.3. The van der Waals surface area contributed by atoms with Crippen molar-refractivity contribution in [1.82, 2.24) is 34.9 Å². The number of anilines is 6. The Morgan fingerprint density at radius 1 is 0.849 bits per heavy atom. The standard InChI is InChI=1S/C51H52BrF3N11O6P/c1-72-43-25-41(33(31-26-57-65(28-31)50(54)55)23-39(43)59-51-56-27-36(52)46(61-51)58-38-9-8-30-6-4-5-7-32(30)45(38)73(2,3)71)64-20-18-62(19-21-64)15-12-29-13-16-63(17-14-29)42-24-35-34(22-37(42)53)48(69)66(49(35)70)40-10-11-44(67)60-47(40)68/h4-9,22-29,40,50H,10-21H2,1-3H3,(H,60,67,68)(H2,56,58,59,61). The van der Waals surface area contributed by atoms with E-state index < -0.39 is 49.2 Å². The van der Waals surface area contributed by atoms with Crippen molar-refractivity contribution in [1.29, 1.82) is 0 Å². The molecule has 4 amide bonds. The molecule has 10 rings (SSSR count). The van der Waals surface area contributed by atoms with Crippen LogP contribution in [-0.4, -0.2) is 125 Å². The van der Waals surface area contributed by atoms with E-state index >= 15 is 4.39 Å². The maximum Gasteiger partial charge on any atom is 0.333 e. The number of ether oxygens (including phenoxy) is 1. The van der Waals surface area contributed by atoms with E-state index in [0.29, 0.717) is 80.6 Å². The van der Waals surface area contributed by atoms with Gasteiger partial charge in [0.05, 0.1) is 46.0 Å². The molecule has 4 aromatic carbocycles. The average molecular weight is 1080 g/mol. The fraction of sp³-hybridized carbons (Fsp3) is 0.353. The number of imide groups is 2. The van der Waals surface area contributed by atoms with Crippen LogP contribution in [0.2, 0.25) is 0 Å². The third kappa shape index (κ3) is 10.0. The maximum atomic E-state index is 15.6. The second-order valence-corrected chi connectivity index (χ2v) is 23.1. The largest absolute Gasteiger partial charge is 0.494 e. The Kier molecular flexibility index (Phi) is 13.8. The van der Waals surface area contributed by atoms with Gasteiger partial charge in [-0.25, -0.2) is 14.1 Å². The Morgan fingerprint density at radius 3 is 2.27 bits per heavy atom. The highest BCUT2D eigenvalue weighted by molar-refractivity contribution is 9.10. The molecule has 73 heavy (non-hydrogen) atoms. The van der Waals surface area contributed by atoms with Crippen molar-refractivity contribution >= 4 is 97.3 Å². The number of nitrogens with one attached hydrogen (secondary N) is 3. The van der Waals surface area contributed by atoms with Crippen molar-refractivity contribution in [2.45, 2.75) is 44.7 Å². The van der Waals surface area contributed by atoms with E-state index in [2.05, 4.69) is 51.8 Å². The first-order chi connectivity index (χ1) is 35.0. The summed E-state index contributed by atoms with van der Waals surface area (Å²) in [5.41, 5.74) is 3.24. The van der Waals surface area contributed by atoms with Crippen molar-refractivity contribution < 1.29 is 41.7 Å². The van der Waals surface area contributed by atoms with E-state index in [0.717, 1.165) is 66.3 Å². The van der Waals surface area contributed by atoms with E-state index in [4.69, 9.17) is 9.72 Å². The number of alkyl halides is 2. The number of methoxy groups -OCH3 is 1. The van der Waals surface area contributed by atoms with Crippen LogP contribution in [0.1, 0.15) is 59.4 Å². The number of benzene rings is 4. The van der Waals surface area contributed by atoms with Crippen LogP contribution in [-0.2, 0) is 14.2 Å². The number of hydrogen-bond donors (Lipinski definition) is 3. The monoisotopic (exact) mass is 1080 g/mol. The minimum Gasteiger partial charge on any atom is -0.494 e. The van der Waals surface area contributed by atoms with E-state index in [1.54, 1.807) is 26.6 Å². The minimum absolute atomic E-state index is 0.00665. The molecule has 6 aromatic rings. The fourth-order valence-corrected chi connectivity index (χ4v) is 12.2. The van der Waals surface area contributed by atoms with E-state index in [9.17, 15) is 32.5 Å². The van der Waals surface area contributed by atoms with Gasteiger partial charge in [0, 0.05) is 86.3 Å². The number of carbonyl (C=O) groups is 4. The van der Waals surface area contributed by atoms with Gasteiger partial charge in [0.15, 0.2) is 0 Å². The molecule has 2 aromatic heterocycles. The molecular formula is C51H52BrF3N11O6P. The first-order valence-electron chi connectivity index (χ1n) is 24.0. The summed E-state index contributed by atoms with van der Waals surface area (Å²) < 4.78 is 64.2. The third-order valence-corrected chi connectivity index (χ3v) is 16.3. The Bertz CT molecular complexity index is 3230. The summed E-state index contributed by atoms with van der Waals surface area (Å²) in [4.78, 5) is 67.5. The number of amides is 4. The highest BCUT2D eigenvalue weighted by Gasteiger charge is 2.45. The van der Waals surface area contributed by atoms with Crippen LogP contribution in [0.3, 0.4) is 0 Å². The van der Waals surface area contributed by atoms with Gasteiger partial charge in [-0.05, 0) is 102 Å². The molecule has 6 heterocycles. The number of nitrogens with zero attached hydrogens (tertiary/aromatic N) is 8. The van der Waals surface area contributed by atoms with Gasteiger partial charge in [0.1, 0.15) is 30.6 Å². The number of piperazine rings is 1. The molecule has 1 atom stereocenters. The predicted octanol–water partition coefficient (Wildman–Crippen LogP) is 8.36. The zero-order valence-corrected chi connectivity index (χ0v) is 42.7. The Balaban J connectivity index is 0.799. The van der Waals surface area contributed by atoms with Gasteiger partial charge in [-0.3, -0.25) is 34.3 Å². The molecule has 0 spiro atoms. The molecule has 380 valence electrons. The maximum absolute atomic E-state index is 15.6. The lowest BCUT2D eigenvalue weighted by atomic mass is 9.92. The molecule has 0 aliphatic carbocycles. The molecule has 4 aliphatic heterocycles. The highest BCUT2D eigenvalue weighted by Crippen LogP contribution is 2.44. The number of rotatable bonds is 14. The zero-order chi connectivity index (χ0) is 51.3. The highest BCUT2D eigenvalue weighted by atomic mass is 79.9. The number of hydrogen-bond acceptors (Lipinski definition) is 14. The number of fused-ring (bicyclic) bond motifs is 2. The second kappa shape index (κ2) is 20.2. The fourth-order valence-electron chi connectivity index (χ4n) is 10.4. The van der Waals surface area contributed by atoms with Crippen LogP contribution in [0.25, 0.3) is 21.9 Å². The molecular weight excluding hydrogens is 1030 g/mol. The van der Waals surface area contributed by atoms with Crippen LogP contribution in [0, 0.1) is 11.7 Å². The molecule has 1 unspecified atom stereocenters. The van der Waals surface area contributed by atoms with E-state index in [-0.39, 0.29) is 35.6 Å². The molecule has 0 bridgehead atoms. The van der Waals surface area contributed by atoms with Crippen molar-refractivity contribution in [3.63, 3.8) is 0 Å². The van der Waals surface area contributed by atoms with E-state index in [1.807, 2.05) is 53.4 Å². The van der Waals surface area contributed by atoms with Gasteiger partial charge in [-0.15, -0.1) is 0 Å². The van der Waals surface area contributed by atoms with E-state index in [1.165, 1.54) is 18.5 Å². The summed E-state index contributed by atoms with van der Waals surface area (Å²) in [6, 6.07) is 16.7. The lowest BCUT2D eigenvalue weighted by molar-refractivity contribution is -0.136. The van der Waals surface area contributed by atoms with Gasteiger partial charge >= 0.3 is 6.55 Å². The Morgan fingerprint density at radius 2 is 1.58 bits per heavy atom. The lowest BCUT2D eigenvalue weighted by Gasteiger charge is -2.39. The van der Waals surface area contributed by atoms with Crippen LogP contribution in [0.5, 0.6) is 5.75 Å². The number of aromatic nitrogens is 4. The quantitative estimate of drug-likeness (QED) is 0.0698. The minimum atomic E-state index is -2.83. The first-order valence-corrected chi connectivity index (χ1v) is 27.4. The molecule has 0 saturated carbocycles. The van der Waals surface area contributed by atoms with Crippen LogP contribution in [0.15, 0.2) is 83.7 Å². The second-order valence-electron chi connectivity index (χ2n) is 19.1. The zero-order valence-electron chi connectivity index (χ0n) is 40.2. The lowest BCUT2D eigenvalue weighted by Crippen LogP contribution is -2.54. The average Bonchev–Trinajstić information content (AvgIpc) is 3.96. The molecule has 22 heteroatoms. The summed E-state index contributed by atoms with van der Waals surface area (Å²) in [5.74, 6) is -1.74. The number of halogens is 4. The molecule has 3 N–H and O–H groups in total. The van der Waals surface area contributed by atoms with Crippen molar-refractivity contribution in [3.05, 3.63) is 101 Å². The first kappa shape index (κ1) is 49.7. The Labute approximate surface area is 426 Å². The van der Waals surface area contributed by atoms with Gasteiger partial charge in [-0.1, -0.05) is 30.3 Å². The Hall–Kier alpha value is -6.83. The van der Waals surface area contributed by atoms with Crippen LogP contribution in [0.4, 0.5) is 47.7 Å².